The van der Waals surface area contributed by atoms with Gasteiger partial charge in [0, 0.05) is 12.6 Å². The predicted molar refractivity (Wildman–Crippen MR) is 75.6 cm³/mol. The first-order valence-corrected chi connectivity index (χ1v) is 6.53. The minimum atomic E-state index is 0.630. The standard InChI is InChI=1S/C15H25NO2/c1-6-12(2)16(3)10-9-13-7-8-14(17-4)15(11-13)18-5/h7-8,11-12H,6,9-10H2,1-5H3. The van der Waals surface area contributed by atoms with Crippen molar-refractivity contribution >= 4 is 0 Å². The van der Waals surface area contributed by atoms with Crippen molar-refractivity contribution in [1.29, 1.82) is 0 Å². The highest BCUT2D eigenvalue weighted by atomic mass is 16.5. The average molecular weight is 251 g/mol. The van der Waals surface area contributed by atoms with Crippen LogP contribution in [0.3, 0.4) is 0 Å². The molecular formula is C15H25NO2. The highest BCUT2D eigenvalue weighted by Gasteiger charge is 2.08. The Morgan fingerprint density at radius 3 is 2.39 bits per heavy atom. The highest BCUT2D eigenvalue weighted by molar-refractivity contribution is 5.42. The van der Waals surface area contributed by atoms with Crippen molar-refractivity contribution in [2.24, 2.45) is 0 Å². The molecule has 0 heterocycles. The van der Waals surface area contributed by atoms with Crippen molar-refractivity contribution in [2.45, 2.75) is 32.7 Å². The van der Waals surface area contributed by atoms with Gasteiger partial charge in [-0.1, -0.05) is 13.0 Å². The maximum absolute atomic E-state index is 5.31. The van der Waals surface area contributed by atoms with Crippen LogP contribution in [-0.2, 0) is 6.42 Å². The van der Waals surface area contributed by atoms with Crippen LogP contribution in [0.1, 0.15) is 25.8 Å². The van der Waals surface area contributed by atoms with E-state index in [0.717, 1.165) is 24.5 Å². The molecule has 0 amide bonds. The summed E-state index contributed by atoms with van der Waals surface area (Å²) in [6, 6.07) is 6.76. The van der Waals surface area contributed by atoms with Gasteiger partial charge in [0.15, 0.2) is 11.5 Å². The zero-order valence-corrected chi connectivity index (χ0v) is 12.2. The Hall–Kier alpha value is -1.22. The Bertz CT molecular complexity index is 366. The summed E-state index contributed by atoms with van der Waals surface area (Å²) in [5.74, 6) is 1.60. The fourth-order valence-corrected chi connectivity index (χ4v) is 1.87. The minimum Gasteiger partial charge on any atom is -0.493 e. The molecule has 102 valence electrons. The largest absolute Gasteiger partial charge is 0.493 e. The van der Waals surface area contributed by atoms with Gasteiger partial charge in [-0.15, -0.1) is 0 Å². The van der Waals surface area contributed by atoms with E-state index in [9.17, 15) is 0 Å². The number of hydrogen-bond acceptors (Lipinski definition) is 3. The molecule has 1 atom stereocenters. The van der Waals surface area contributed by atoms with E-state index in [0.29, 0.717) is 6.04 Å². The lowest BCUT2D eigenvalue weighted by atomic mass is 10.1. The van der Waals surface area contributed by atoms with Crippen molar-refractivity contribution < 1.29 is 9.47 Å². The molecule has 0 N–H and O–H groups in total. The average Bonchev–Trinajstić information content (AvgIpc) is 2.43. The molecule has 1 rings (SSSR count). The summed E-state index contributed by atoms with van der Waals surface area (Å²) >= 11 is 0. The summed E-state index contributed by atoms with van der Waals surface area (Å²) in [4.78, 5) is 2.39. The molecule has 1 aromatic rings. The number of hydrogen-bond donors (Lipinski definition) is 0. The van der Waals surface area contributed by atoms with Crippen LogP contribution in [0.5, 0.6) is 11.5 Å². The predicted octanol–water partition coefficient (Wildman–Crippen LogP) is 2.98. The second-order valence-corrected chi connectivity index (χ2v) is 4.68. The topological polar surface area (TPSA) is 21.7 Å². The summed E-state index contributed by atoms with van der Waals surface area (Å²) in [6.07, 6.45) is 2.21. The summed E-state index contributed by atoms with van der Waals surface area (Å²) in [7, 11) is 5.51. The molecule has 0 aliphatic heterocycles. The van der Waals surface area contributed by atoms with E-state index in [-0.39, 0.29) is 0 Å². The van der Waals surface area contributed by atoms with Gasteiger partial charge < -0.3 is 14.4 Å². The summed E-state index contributed by atoms with van der Waals surface area (Å²) in [5.41, 5.74) is 1.28. The molecule has 0 aliphatic carbocycles. The zero-order valence-electron chi connectivity index (χ0n) is 12.2. The van der Waals surface area contributed by atoms with E-state index >= 15 is 0 Å². The number of methoxy groups -OCH3 is 2. The molecule has 18 heavy (non-hydrogen) atoms. The molecule has 0 saturated carbocycles. The molecule has 0 bridgehead atoms. The van der Waals surface area contributed by atoms with Crippen LogP contribution >= 0.6 is 0 Å². The van der Waals surface area contributed by atoms with Crippen molar-refractivity contribution in [3.8, 4) is 11.5 Å². The van der Waals surface area contributed by atoms with Crippen LogP contribution in [0, 0.1) is 0 Å². The zero-order chi connectivity index (χ0) is 13.5. The van der Waals surface area contributed by atoms with Crippen LogP contribution in [-0.4, -0.2) is 38.8 Å². The SMILES string of the molecule is CCC(C)N(C)CCc1ccc(OC)c(OC)c1. The van der Waals surface area contributed by atoms with Gasteiger partial charge in [0.1, 0.15) is 0 Å². The van der Waals surface area contributed by atoms with Crippen LogP contribution in [0.15, 0.2) is 18.2 Å². The normalized spacial score (nSPS) is 12.6. The van der Waals surface area contributed by atoms with Gasteiger partial charge in [0.25, 0.3) is 0 Å². The van der Waals surface area contributed by atoms with Gasteiger partial charge in [-0.25, -0.2) is 0 Å². The molecule has 0 radical (unpaired) electrons. The van der Waals surface area contributed by atoms with Crippen LogP contribution in [0.2, 0.25) is 0 Å². The van der Waals surface area contributed by atoms with Crippen LogP contribution < -0.4 is 9.47 Å². The molecule has 0 aliphatic rings. The van der Waals surface area contributed by atoms with E-state index in [4.69, 9.17) is 9.47 Å². The van der Waals surface area contributed by atoms with Crippen molar-refractivity contribution in [1.82, 2.24) is 4.90 Å². The fraction of sp³-hybridized carbons (Fsp3) is 0.600. The second kappa shape index (κ2) is 7.27. The number of likely N-dealkylation sites (N-methyl/N-ethyl adjacent to an activating group) is 1. The molecule has 1 aromatic carbocycles. The van der Waals surface area contributed by atoms with E-state index in [1.54, 1.807) is 14.2 Å². The van der Waals surface area contributed by atoms with Gasteiger partial charge in [0.05, 0.1) is 14.2 Å². The third-order valence-corrected chi connectivity index (χ3v) is 3.54. The molecule has 1 unspecified atom stereocenters. The molecule has 3 heteroatoms. The lowest BCUT2D eigenvalue weighted by Crippen LogP contribution is -2.30. The number of benzene rings is 1. The van der Waals surface area contributed by atoms with Gasteiger partial charge in [0.2, 0.25) is 0 Å². The van der Waals surface area contributed by atoms with Crippen LogP contribution in [0.4, 0.5) is 0 Å². The Morgan fingerprint density at radius 1 is 1.17 bits per heavy atom. The first-order chi connectivity index (χ1) is 8.62. The monoisotopic (exact) mass is 251 g/mol. The van der Waals surface area contributed by atoms with Gasteiger partial charge in [-0.05, 0) is 44.5 Å². The van der Waals surface area contributed by atoms with Crippen molar-refractivity contribution in [3.63, 3.8) is 0 Å². The number of rotatable bonds is 7. The van der Waals surface area contributed by atoms with E-state index < -0.39 is 0 Å². The lowest BCUT2D eigenvalue weighted by molar-refractivity contribution is 0.255. The van der Waals surface area contributed by atoms with Gasteiger partial charge in [-0.3, -0.25) is 0 Å². The first kappa shape index (κ1) is 14.8. The quantitative estimate of drug-likeness (QED) is 0.743. The third-order valence-electron chi connectivity index (χ3n) is 3.54. The number of ether oxygens (including phenoxy) is 2. The molecule has 0 aromatic heterocycles. The van der Waals surface area contributed by atoms with Crippen molar-refractivity contribution in [2.75, 3.05) is 27.8 Å². The smallest absolute Gasteiger partial charge is 0.160 e. The minimum absolute atomic E-state index is 0.630. The molecule has 0 saturated heterocycles. The molecule has 3 nitrogen and oxygen atoms in total. The Morgan fingerprint density at radius 2 is 1.83 bits per heavy atom. The Balaban J connectivity index is 2.63. The first-order valence-electron chi connectivity index (χ1n) is 6.53. The Kier molecular flexibility index (Phi) is 5.99. The van der Waals surface area contributed by atoms with Crippen LogP contribution in [0.25, 0.3) is 0 Å². The van der Waals surface area contributed by atoms with E-state index in [1.807, 2.05) is 6.07 Å². The number of nitrogens with zero attached hydrogens (tertiary/aromatic N) is 1. The molecule has 0 fully saturated rings. The summed E-state index contributed by atoms with van der Waals surface area (Å²) < 4.78 is 10.6. The second-order valence-electron chi connectivity index (χ2n) is 4.68. The molecule has 0 spiro atoms. The molecular weight excluding hydrogens is 226 g/mol. The Labute approximate surface area is 111 Å². The summed E-state index contributed by atoms with van der Waals surface area (Å²) in [6.45, 7) is 5.54. The highest BCUT2D eigenvalue weighted by Crippen LogP contribution is 2.27. The third kappa shape index (κ3) is 3.91. The maximum Gasteiger partial charge on any atom is 0.160 e. The fourth-order valence-electron chi connectivity index (χ4n) is 1.87. The summed E-state index contributed by atoms with van der Waals surface area (Å²) in [5, 5.41) is 0. The van der Waals surface area contributed by atoms with Gasteiger partial charge in [-0.2, -0.15) is 0 Å². The van der Waals surface area contributed by atoms with E-state index in [1.165, 1.54) is 12.0 Å². The van der Waals surface area contributed by atoms with Crippen molar-refractivity contribution in [3.05, 3.63) is 23.8 Å². The lowest BCUT2D eigenvalue weighted by Gasteiger charge is -2.23. The van der Waals surface area contributed by atoms with E-state index in [2.05, 4.69) is 37.9 Å². The van der Waals surface area contributed by atoms with Gasteiger partial charge >= 0.3 is 0 Å². The maximum atomic E-state index is 5.31.